The first-order valence-electron chi connectivity index (χ1n) is 9.15. The lowest BCUT2D eigenvalue weighted by atomic mass is 10.1. The number of hydrogen-bond acceptors (Lipinski definition) is 3. The van der Waals surface area contributed by atoms with Crippen LogP contribution in [0, 0.1) is 3.57 Å². The molecule has 0 unspecified atom stereocenters. The van der Waals surface area contributed by atoms with Crippen LogP contribution in [0.1, 0.15) is 27.6 Å². The van der Waals surface area contributed by atoms with Crippen LogP contribution in [-0.2, 0) is 0 Å². The molecule has 3 aromatic rings. The Balaban J connectivity index is 1.79. The molecule has 0 aromatic heterocycles. The average Bonchev–Trinajstić information content (AvgIpc) is 2.75. The van der Waals surface area contributed by atoms with Crippen molar-refractivity contribution in [1.82, 2.24) is 0 Å². The molecule has 1 N–H and O–H groups in total. The van der Waals surface area contributed by atoms with E-state index in [-0.39, 0.29) is 11.8 Å². The molecule has 29 heavy (non-hydrogen) atoms. The van der Waals surface area contributed by atoms with Crippen LogP contribution < -0.4 is 15.0 Å². The maximum absolute atomic E-state index is 13.0. The summed E-state index contributed by atoms with van der Waals surface area (Å²) in [6.45, 7) is 2.48. The predicted octanol–water partition coefficient (Wildman–Crippen LogP) is 5.22. The van der Waals surface area contributed by atoms with Crippen LogP contribution in [0.4, 0.5) is 11.4 Å². The third-order valence-electron chi connectivity index (χ3n) is 4.41. The van der Waals surface area contributed by atoms with E-state index >= 15 is 0 Å². The number of halogens is 1. The lowest BCUT2D eigenvalue weighted by Gasteiger charge is -2.21. The summed E-state index contributed by atoms with van der Waals surface area (Å²) in [5.74, 6) is 0.356. The van der Waals surface area contributed by atoms with Crippen LogP contribution in [0.25, 0.3) is 0 Å². The molecule has 0 saturated heterocycles. The highest BCUT2D eigenvalue weighted by Crippen LogP contribution is 2.23. The van der Waals surface area contributed by atoms with E-state index in [1.807, 2.05) is 37.3 Å². The molecular formula is C23H21IN2O3. The summed E-state index contributed by atoms with van der Waals surface area (Å²) in [5.41, 5.74) is 2.43. The molecular weight excluding hydrogens is 479 g/mol. The van der Waals surface area contributed by atoms with Crippen LogP contribution >= 0.6 is 22.6 Å². The number of anilines is 2. The van der Waals surface area contributed by atoms with Crippen LogP contribution in [-0.4, -0.2) is 25.5 Å². The fourth-order valence-electron chi connectivity index (χ4n) is 2.95. The number of amides is 2. The summed E-state index contributed by atoms with van der Waals surface area (Å²) in [4.78, 5) is 27.3. The van der Waals surface area contributed by atoms with E-state index < -0.39 is 0 Å². The van der Waals surface area contributed by atoms with E-state index in [1.54, 1.807) is 54.5 Å². The van der Waals surface area contributed by atoms with Gasteiger partial charge in [-0.05, 0) is 78.0 Å². The van der Waals surface area contributed by atoms with Crippen molar-refractivity contribution >= 4 is 45.8 Å². The standard InChI is InChI=1S/C23H21IN2O3/c1-3-26(19-10-5-4-6-11-19)23(28)17-8-7-9-18(14-17)25-22(27)16-12-13-21(29-2)20(24)15-16/h4-15H,3H2,1-2H3,(H,25,27). The predicted molar refractivity (Wildman–Crippen MR) is 124 cm³/mol. The molecule has 0 bridgehead atoms. The molecule has 3 aromatic carbocycles. The van der Waals surface area contributed by atoms with E-state index in [0.29, 0.717) is 23.4 Å². The largest absolute Gasteiger partial charge is 0.496 e. The number of carbonyl (C=O) groups is 2. The number of nitrogens with one attached hydrogen (secondary N) is 1. The summed E-state index contributed by atoms with van der Waals surface area (Å²) in [7, 11) is 1.59. The number of nitrogens with zero attached hydrogens (tertiary/aromatic N) is 1. The lowest BCUT2D eigenvalue weighted by Crippen LogP contribution is -2.30. The van der Waals surface area contributed by atoms with Crippen molar-refractivity contribution < 1.29 is 14.3 Å². The van der Waals surface area contributed by atoms with Gasteiger partial charge in [0.25, 0.3) is 11.8 Å². The number of benzene rings is 3. The van der Waals surface area contributed by atoms with Gasteiger partial charge in [0.2, 0.25) is 0 Å². The minimum atomic E-state index is -0.245. The summed E-state index contributed by atoms with van der Waals surface area (Å²) >= 11 is 2.13. The van der Waals surface area contributed by atoms with Crippen LogP contribution in [0.2, 0.25) is 0 Å². The molecule has 6 heteroatoms. The first kappa shape index (κ1) is 20.9. The van der Waals surface area contributed by atoms with Crippen molar-refractivity contribution in [2.75, 3.05) is 23.9 Å². The summed E-state index contributed by atoms with van der Waals surface area (Å²) < 4.78 is 6.08. The fraction of sp³-hybridized carbons (Fsp3) is 0.130. The second-order valence-corrected chi connectivity index (χ2v) is 7.43. The zero-order valence-electron chi connectivity index (χ0n) is 16.2. The molecule has 148 valence electrons. The Labute approximate surface area is 183 Å². The molecule has 0 aliphatic carbocycles. The maximum Gasteiger partial charge on any atom is 0.258 e. The minimum Gasteiger partial charge on any atom is -0.496 e. The maximum atomic E-state index is 13.0. The highest BCUT2D eigenvalue weighted by Gasteiger charge is 2.17. The number of para-hydroxylation sites is 1. The molecule has 0 radical (unpaired) electrons. The minimum absolute atomic E-state index is 0.117. The number of hydrogen-bond donors (Lipinski definition) is 1. The monoisotopic (exact) mass is 500 g/mol. The third-order valence-corrected chi connectivity index (χ3v) is 5.25. The molecule has 5 nitrogen and oxygen atoms in total. The van der Waals surface area contributed by atoms with Gasteiger partial charge in [-0.1, -0.05) is 24.3 Å². The quantitative estimate of drug-likeness (QED) is 0.473. The Morgan fingerprint density at radius 1 is 0.966 bits per heavy atom. The molecule has 0 aliphatic rings. The van der Waals surface area contributed by atoms with Crippen molar-refractivity contribution in [3.8, 4) is 5.75 Å². The van der Waals surface area contributed by atoms with Gasteiger partial charge in [0.1, 0.15) is 5.75 Å². The average molecular weight is 500 g/mol. The van der Waals surface area contributed by atoms with E-state index in [2.05, 4.69) is 27.9 Å². The summed E-state index contributed by atoms with van der Waals surface area (Å²) in [5, 5.41) is 2.86. The fourth-order valence-corrected chi connectivity index (χ4v) is 3.68. The molecule has 0 heterocycles. The van der Waals surface area contributed by atoms with Crippen LogP contribution in [0.5, 0.6) is 5.75 Å². The SMILES string of the molecule is CCN(C(=O)c1cccc(NC(=O)c2ccc(OC)c(I)c2)c1)c1ccccc1. The Kier molecular flexibility index (Phi) is 6.87. The molecule has 0 saturated carbocycles. The van der Waals surface area contributed by atoms with Crippen molar-refractivity contribution in [1.29, 1.82) is 0 Å². The summed E-state index contributed by atoms with van der Waals surface area (Å²) in [6.07, 6.45) is 0. The van der Waals surface area contributed by atoms with Gasteiger partial charge in [0, 0.05) is 29.0 Å². The second-order valence-electron chi connectivity index (χ2n) is 6.27. The van der Waals surface area contributed by atoms with Gasteiger partial charge in [0.15, 0.2) is 0 Å². The molecule has 2 amide bonds. The van der Waals surface area contributed by atoms with E-state index in [1.165, 1.54) is 0 Å². The first-order valence-corrected chi connectivity index (χ1v) is 10.2. The van der Waals surface area contributed by atoms with Crippen LogP contribution in [0.15, 0.2) is 72.8 Å². The molecule has 0 atom stereocenters. The normalized spacial score (nSPS) is 10.3. The number of ether oxygens (including phenoxy) is 1. The zero-order chi connectivity index (χ0) is 20.8. The first-order chi connectivity index (χ1) is 14.0. The zero-order valence-corrected chi connectivity index (χ0v) is 18.3. The van der Waals surface area contributed by atoms with Crippen molar-refractivity contribution in [2.24, 2.45) is 0 Å². The Bertz CT molecular complexity index is 1020. The van der Waals surface area contributed by atoms with E-state index in [0.717, 1.165) is 15.0 Å². The topological polar surface area (TPSA) is 58.6 Å². The lowest BCUT2D eigenvalue weighted by molar-refractivity contribution is 0.0985. The Morgan fingerprint density at radius 2 is 1.72 bits per heavy atom. The van der Waals surface area contributed by atoms with E-state index in [4.69, 9.17) is 4.74 Å². The number of methoxy groups -OCH3 is 1. The smallest absolute Gasteiger partial charge is 0.258 e. The van der Waals surface area contributed by atoms with Gasteiger partial charge in [0.05, 0.1) is 10.7 Å². The Morgan fingerprint density at radius 3 is 2.38 bits per heavy atom. The highest BCUT2D eigenvalue weighted by molar-refractivity contribution is 14.1. The van der Waals surface area contributed by atoms with E-state index in [9.17, 15) is 9.59 Å². The number of carbonyl (C=O) groups excluding carboxylic acids is 2. The van der Waals surface area contributed by atoms with Crippen LogP contribution in [0.3, 0.4) is 0 Å². The second kappa shape index (κ2) is 9.56. The van der Waals surface area contributed by atoms with Gasteiger partial charge in [-0.15, -0.1) is 0 Å². The van der Waals surface area contributed by atoms with Gasteiger partial charge < -0.3 is 15.0 Å². The molecule has 0 aliphatic heterocycles. The highest BCUT2D eigenvalue weighted by atomic mass is 127. The molecule has 0 spiro atoms. The van der Waals surface area contributed by atoms with Gasteiger partial charge >= 0.3 is 0 Å². The van der Waals surface area contributed by atoms with Crippen molar-refractivity contribution in [3.05, 3.63) is 87.5 Å². The number of rotatable bonds is 6. The van der Waals surface area contributed by atoms with Gasteiger partial charge in [-0.25, -0.2) is 0 Å². The molecule has 3 rings (SSSR count). The third kappa shape index (κ3) is 4.95. The van der Waals surface area contributed by atoms with Crippen molar-refractivity contribution in [3.63, 3.8) is 0 Å². The summed E-state index contributed by atoms with van der Waals surface area (Å²) in [6, 6.07) is 21.7. The van der Waals surface area contributed by atoms with Gasteiger partial charge in [-0.2, -0.15) is 0 Å². The molecule has 0 fully saturated rings. The van der Waals surface area contributed by atoms with Gasteiger partial charge in [-0.3, -0.25) is 9.59 Å². The Hall–Kier alpha value is -2.87. The van der Waals surface area contributed by atoms with Crippen molar-refractivity contribution in [2.45, 2.75) is 6.92 Å².